The van der Waals surface area contributed by atoms with Gasteiger partial charge in [0.2, 0.25) is 5.91 Å². The molecule has 1 aliphatic rings. The summed E-state index contributed by atoms with van der Waals surface area (Å²) in [7, 11) is 0. The fraction of sp³-hybridized carbons (Fsp3) is 0.350. The standard InChI is InChI=1S/C20H18Cl2F3NO3/c21-14-6-4-12(5-7-14)18-19(13-2-1-3-15(22)8-13)29-11-17(28)26(18)16(10-27)9-20(23,24)25/h1-8,16,18-19,27H,9-11H2/t16-,18+,19+/m0/s1. The molecule has 1 fully saturated rings. The molecule has 3 rings (SSSR count). The second-order valence-electron chi connectivity index (χ2n) is 6.74. The Bertz CT molecular complexity index is 861. The van der Waals surface area contributed by atoms with Gasteiger partial charge in [0.25, 0.3) is 0 Å². The van der Waals surface area contributed by atoms with Crippen molar-refractivity contribution in [3.05, 3.63) is 69.7 Å². The summed E-state index contributed by atoms with van der Waals surface area (Å²) in [6, 6.07) is 10.8. The molecule has 0 bridgehead atoms. The van der Waals surface area contributed by atoms with Crippen molar-refractivity contribution in [2.75, 3.05) is 13.2 Å². The second kappa shape index (κ2) is 8.92. The molecule has 1 N–H and O–H groups in total. The lowest BCUT2D eigenvalue weighted by atomic mass is 9.91. The molecule has 0 aromatic heterocycles. The lowest BCUT2D eigenvalue weighted by Crippen LogP contribution is -2.53. The smallest absolute Gasteiger partial charge is 0.391 e. The van der Waals surface area contributed by atoms with Gasteiger partial charge in [0.1, 0.15) is 12.7 Å². The Morgan fingerprint density at radius 2 is 1.79 bits per heavy atom. The molecule has 2 aromatic rings. The fourth-order valence-electron chi connectivity index (χ4n) is 3.53. The van der Waals surface area contributed by atoms with E-state index in [1.165, 1.54) is 0 Å². The Morgan fingerprint density at radius 1 is 1.10 bits per heavy atom. The van der Waals surface area contributed by atoms with E-state index in [1.807, 2.05) is 0 Å². The minimum atomic E-state index is -4.55. The van der Waals surface area contributed by atoms with Gasteiger partial charge in [-0.1, -0.05) is 47.5 Å². The van der Waals surface area contributed by atoms with Crippen LogP contribution in [-0.2, 0) is 9.53 Å². The van der Waals surface area contributed by atoms with Crippen LogP contribution in [-0.4, -0.2) is 41.3 Å². The molecule has 29 heavy (non-hydrogen) atoms. The molecule has 9 heteroatoms. The highest BCUT2D eigenvalue weighted by molar-refractivity contribution is 6.30. The summed E-state index contributed by atoms with van der Waals surface area (Å²) in [6.45, 7) is -1.24. The average molecular weight is 448 g/mol. The van der Waals surface area contributed by atoms with E-state index < -0.39 is 49.9 Å². The van der Waals surface area contributed by atoms with E-state index in [1.54, 1.807) is 48.5 Å². The highest BCUT2D eigenvalue weighted by Crippen LogP contribution is 2.43. The predicted octanol–water partition coefficient (Wildman–Crippen LogP) is 4.95. The molecule has 0 radical (unpaired) electrons. The first kappa shape index (κ1) is 21.9. The van der Waals surface area contributed by atoms with Crippen LogP contribution in [0, 0.1) is 0 Å². The van der Waals surface area contributed by atoms with Crippen LogP contribution in [0.15, 0.2) is 48.5 Å². The van der Waals surface area contributed by atoms with Crippen molar-refractivity contribution in [1.29, 1.82) is 0 Å². The number of nitrogens with zero attached hydrogens (tertiary/aromatic N) is 1. The lowest BCUT2D eigenvalue weighted by molar-refractivity contribution is -0.181. The van der Waals surface area contributed by atoms with E-state index in [9.17, 15) is 23.1 Å². The molecule has 0 aliphatic carbocycles. The minimum absolute atomic E-state index is 0.407. The number of amides is 1. The third-order valence-electron chi connectivity index (χ3n) is 4.72. The van der Waals surface area contributed by atoms with Crippen molar-refractivity contribution in [2.24, 2.45) is 0 Å². The molecule has 4 nitrogen and oxygen atoms in total. The van der Waals surface area contributed by atoms with Gasteiger partial charge in [-0.25, -0.2) is 0 Å². The van der Waals surface area contributed by atoms with Gasteiger partial charge in [-0.05, 0) is 35.4 Å². The number of hydrogen-bond donors (Lipinski definition) is 1. The first-order valence-corrected chi connectivity index (χ1v) is 9.56. The minimum Gasteiger partial charge on any atom is -0.394 e. The topological polar surface area (TPSA) is 49.8 Å². The van der Waals surface area contributed by atoms with Crippen LogP contribution >= 0.6 is 23.2 Å². The maximum absolute atomic E-state index is 13.1. The van der Waals surface area contributed by atoms with Gasteiger partial charge in [0, 0.05) is 10.0 Å². The van der Waals surface area contributed by atoms with Crippen LogP contribution in [0.25, 0.3) is 0 Å². The molecule has 1 amide bonds. The number of ether oxygens (including phenoxy) is 1. The lowest BCUT2D eigenvalue weighted by Gasteiger charge is -2.45. The highest BCUT2D eigenvalue weighted by Gasteiger charge is 2.45. The van der Waals surface area contributed by atoms with Crippen LogP contribution in [0.3, 0.4) is 0 Å². The van der Waals surface area contributed by atoms with Crippen LogP contribution in [0.2, 0.25) is 10.0 Å². The van der Waals surface area contributed by atoms with E-state index in [2.05, 4.69) is 0 Å². The first-order chi connectivity index (χ1) is 13.7. The van der Waals surface area contributed by atoms with Crippen molar-refractivity contribution in [3.63, 3.8) is 0 Å². The number of rotatable bonds is 5. The van der Waals surface area contributed by atoms with E-state index in [0.717, 1.165) is 4.90 Å². The zero-order valence-electron chi connectivity index (χ0n) is 15.1. The number of halogens is 5. The number of hydrogen-bond acceptors (Lipinski definition) is 3. The number of carbonyl (C=O) groups excluding carboxylic acids is 1. The molecule has 0 unspecified atom stereocenters. The number of alkyl halides is 3. The number of aliphatic hydroxyl groups is 1. The molecular weight excluding hydrogens is 430 g/mol. The van der Waals surface area contributed by atoms with Gasteiger partial charge >= 0.3 is 6.18 Å². The van der Waals surface area contributed by atoms with Crippen LogP contribution in [0.4, 0.5) is 13.2 Å². The first-order valence-electron chi connectivity index (χ1n) is 8.81. The number of aliphatic hydroxyl groups excluding tert-OH is 1. The van der Waals surface area contributed by atoms with Gasteiger partial charge in [-0.2, -0.15) is 13.2 Å². The second-order valence-corrected chi connectivity index (χ2v) is 7.61. The molecule has 156 valence electrons. The van der Waals surface area contributed by atoms with Crippen molar-refractivity contribution >= 4 is 29.1 Å². The molecular formula is C20H18Cl2F3NO3. The summed E-state index contributed by atoms with van der Waals surface area (Å²) in [6.07, 6.45) is -6.65. The maximum Gasteiger partial charge on any atom is 0.391 e. The Hall–Kier alpha value is -1.80. The largest absolute Gasteiger partial charge is 0.394 e. The quantitative estimate of drug-likeness (QED) is 0.705. The third kappa shape index (κ3) is 5.22. The normalized spacial score (nSPS) is 21.3. The van der Waals surface area contributed by atoms with Crippen molar-refractivity contribution < 1.29 is 27.8 Å². The summed E-state index contributed by atoms with van der Waals surface area (Å²) in [5, 5.41) is 10.6. The Balaban J connectivity index is 2.09. The zero-order valence-corrected chi connectivity index (χ0v) is 16.6. The van der Waals surface area contributed by atoms with Gasteiger partial charge in [0.05, 0.1) is 25.1 Å². The monoisotopic (exact) mass is 447 g/mol. The average Bonchev–Trinajstić information content (AvgIpc) is 2.66. The molecule has 1 aliphatic heterocycles. The summed E-state index contributed by atoms with van der Waals surface area (Å²) in [5.41, 5.74) is 1.15. The Kier molecular flexibility index (Phi) is 6.73. The molecule has 2 aromatic carbocycles. The summed E-state index contributed by atoms with van der Waals surface area (Å²) >= 11 is 12.0. The van der Waals surface area contributed by atoms with Crippen LogP contribution in [0.1, 0.15) is 29.7 Å². The van der Waals surface area contributed by atoms with Crippen molar-refractivity contribution in [1.82, 2.24) is 4.90 Å². The number of carbonyl (C=O) groups is 1. The zero-order chi connectivity index (χ0) is 21.2. The van der Waals surface area contributed by atoms with Crippen LogP contribution in [0.5, 0.6) is 0 Å². The fourth-order valence-corrected chi connectivity index (χ4v) is 3.86. The van der Waals surface area contributed by atoms with Crippen LogP contribution < -0.4 is 0 Å². The van der Waals surface area contributed by atoms with E-state index in [0.29, 0.717) is 21.2 Å². The molecule has 0 saturated carbocycles. The summed E-state index contributed by atoms with van der Waals surface area (Å²) in [5.74, 6) is -0.633. The highest BCUT2D eigenvalue weighted by atomic mass is 35.5. The SMILES string of the molecule is O=C1CO[C@H](c2cccc(Cl)c2)[C@@H](c2ccc(Cl)cc2)N1[C@H](CO)CC(F)(F)F. The predicted molar refractivity (Wildman–Crippen MR) is 103 cm³/mol. The molecule has 1 saturated heterocycles. The summed E-state index contributed by atoms with van der Waals surface area (Å²) < 4.78 is 45.1. The van der Waals surface area contributed by atoms with E-state index in [4.69, 9.17) is 27.9 Å². The maximum atomic E-state index is 13.1. The van der Waals surface area contributed by atoms with Gasteiger partial charge in [-0.15, -0.1) is 0 Å². The van der Waals surface area contributed by atoms with E-state index >= 15 is 0 Å². The van der Waals surface area contributed by atoms with Gasteiger partial charge in [-0.3, -0.25) is 4.79 Å². The van der Waals surface area contributed by atoms with Gasteiger partial charge < -0.3 is 14.7 Å². The van der Waals surface area contributed by atoms with Crippen molar-refractivity contribution in [2.45, 2.75) is 30.8 Å². The Morgan fingerprint density at radius 3 is 2.38 bits per heavy atom. The molecule has 1 heterocycles. The van der Waals surface area contributed by atoms with Crippen molar-refractivity contribution in [3.8, 4) is 0 Å². The summed E-state index contributed by atoms with van der Waals surface area (Å²) in [4.78, 5) is 13.7. The third-order valence-corrected chi connectivity index (χ3v) is 5.21. The van der Waals surface area contributed by atoms with E-state index in [-0.39, 0.29) is 0 Å². The molecule has 0 spiro atoms. The molecule has 3 atom stereocenters. The number of morpholine rings is 1. The van der Waals surface area contributed by atoms with Gasteiger partial charge in [0.15, 0.2) is 0 Å². The Labute approximate surface area is 175 Å². The number of benzene rings is 2.